The standard InChI is InChI=1S/C29H53NO6.C6H14N2O2.Na/c1-3-5-7-9-11-13-15-17-19-21-26(31)35-28(33)24-23-25(30)29(34)36-27(32)22-20-18-16-14-12-10-8-6-4-2;7-4-2-1-3-5(8)6(9)10;/h25H,3-24,30H2,1-2H3;5H,1-4,7-8H2,(H,9,10);/t25-;5-;/m00./s1. The fourth-order valence-electron chi connectivity index (χ4n) is 4.65. The Labute approximate surface area is 306 Å². The van der Waals surface area contributed by atoms with Crippen LogP contribution in [-0.4, -0.2) is 83.1 Å². The van der Waals surface area contributed by atoms with Crippen LogP contribution in [0.4, 0.5) is 0 Å². The van der Waals surface area contributed by atoms with Gasteiger partial charge in [-0.3, -0.25) is 19.2 Å². The molecule has 0 saturated carbocycles. The molecule has 0 heterocycles. The van der Waals surface area contributed by atoms with Crippen LogP contribution in [0.25, 0.3) is 0 Å². The molecule has 2 atom stereocenters. The summed E-state index contributed by atoms with van der Waals surface area (Å²) in [4.78, 5) is 57.6. The van der Waals surface area contributed by atoms with Crippen LogP contribution in [0.2, 0.25) is 0 Å². The number of carbonyl (C=O) groups excluding carboxylic acids is 4. The van der Waals surface area contributed by atoms with Crippen LogP contribution in [0.5, 0.6) is 0 Å². The van der Waals surface area contributed by atoms with E-state index in [4.69, 9.17) is 31.8 Å². The van der Waals surface area contributed by atoms with E-state index in [1.807, 2.05) is 0 Å². The van der Waals surface area contributed by atoms with E-state index in [9.17, 15) is 24.0 Å². The maximum absolute atomic E-state index is 12.0. The number of ether oxygens (including phenoxy) is 2. The first-order valence-electron chi connectivity index (χ1n) is 18.0. The van der Waals surface area contributed by atoms with Crippen LogP contribution >= 0.6 is 0 Å². The zero-order valence-electron chi connectivity index (χ0n) is 30.1. The van der Waals surface area contributed by atoms with Gasteiger partial charge in [0.1, 0.15) is 12.1 Å². The molecule has 0 fully saturated rings. The zero-order valence-corrected chi connectivity index (χ0v) is 32.1. The third-order valence-electron chi connectivity index (χ3n) is 7.66. The van der Waals surface area contributed by atoms with Crippen molar-refractivity contribution in [2.24, 2.45) is 17.2 Å². The van der Waals surface area contributed by atoms with E-state index in [0.717, 1.165) is 38.5 Å². The number of hydrogen-bond acceptors (Lipinski definition) is 10. The van der Waals surface area contributed by atoms with Gasteiger partial charge in [0.05, 0.1) is 0 Å². The molecule has 0 saturated heterocycles. The maximum atomic E-state index is 12.0. The normalized spacial score (nSPS) is 11.8. The maximum Gasteiger partial charge on any atom is 0.330 e. The van der Waals surface area contributed by atoms with Crippen molar-refractivity contribution in [1.29, 1.82) is 0 Å². The summed E-state index contributed by atoms with van der Waals surface area (Å²) in [7, 11) is 0. The monoisotopic (exact) mass is 680 g/mol. The van der Waals surface area contributed by atoms with Gasteiger partial charge in [0.2, 0.25) is 0 Å². The van der Waals surface area contributed by atoms with Crippen LogP contribution in [0.1, 0.15) is 174 Å². The van der Waals surface area contributed by atoms with Crippen molar-refractivity contribution >= 4 is 59.4 Å². The molecule has 1 radical (unpaired) electrons. The molecule has 0 spiro atoms. The summed E-state index contributed by atoms with van der Waals surface area (Å²) in [6.07, 6.45) is 22.8. The molecule has 0 rings (SSSR count). The molecule has 0 aliphatic carbocycles. The Morgan fingerprint density at radius 1 is 0.511 bits per heavy atom. The number of nitrogens with two attached hydrogens (primary N) is 3. The van der Waals surface area contributed by atoms with Crippen molar-refractivity contribution < 1.29 is 38.6 Å². The number of rotatable bonds is 29. The summed E-state index contributed by atoms with van der Waals surface area (Å²) < 4.78 is 9.58. The van der Waals surface area contributed by atoms with Crippen LogP contribution < -0.4 is 17.2 Å². The Morgan fingerprint density at radius 2 is 0.894 bits per heavy atom. The first kappa shape index (κ1) is 50.0. The summed E-state index contributed by atoms with van der Waals surface area (Å²) in [6.45, 7) is 5.01. The van der Waals surface area contributed by atoms with E-state index in [1.165, 1.54) is 77.0 Å². The Balaban J connectivity index is -0.00000151. The molecular weight excluding hydrogens is 613 g/mol. The Kier molecular flexibility index (Phi) is 39.8. The van der Waals surface area contributed by atoms with E-state index < -0.39 is 41.9 Å². The molecule has 0 amide bonds. The average Bonchev–Trinajstić information content (AvgIpc) is 3.02. The number of esters is 4. The van der Waals surface area contributed by atoms with Gasteiger partial charge in [-0.05, 0) is 38.6 Å². The van der Waals surface area contributed by atoms with Gasteiger partial charge in [-0.2, -0.15) is 0 Å². The van der Waals surface area contributed by atoms with Crippen LogP contribution in [0.3, 0.4) is 0 Å². The second-order valence-electron chi connectivity index (χ2n) is 12.2. The van der Waals surface area contributed by atoms with Gasteiger partial charge < -0.3 is 31.8 Å². The first-order chi connectivity index (χ1) is 22.1. The van der Waals surface area contributed by atoms with Crippen molar-refractivity contribution in [3.63, 3.8) is 0 Å². The summed E-state index contributed by atoms with van der Waals surface area (Å²) in [5.74, 6) is -3.62. The molecule has 0 aromatic heterocycles. The van der Waals surface area contributed by atoms with E-state index in [-0.39, 0.29) is 55.2 Å². The third-order valence-corrected chi connectivity index (χ3v) is 7.66. The predicted molar refractivity (Wildman–Crippen MR) is 187 cm³/mol. The fraction of sp³-hybridized carbons (Fsp3) is 0.857. The van der Waals surface area contributed by atoms with Gasteiger partial charge in [0, 0.05) is 48.8 Å². The molecule has 0 aromatic rings. The number of carboxylic acids is 1. The van der Waals surface area contributed by atoms with Crippen molar-refractivity contribution in [1.82, 2.24) is 0 Å². The number of unbranched alkanes of at least 4 members (excludes halogenated alkanes) is 17. The van der Waals surface area contributed by atoms with Gasteiger partial charge >= 0.3 is 29.8 Å². The van der Waals surface area contributed by atoms with Gasteiger partial charge in [-0.1, -0.05) is 123 Å². The molecule has 0 bridgehead atoms. The van der Waals surface area contributed by atoms with E-state index in [1.54, 1.807) is 0 Å². The number of aliphatic carboxylic acids is 1. The fourth-order valence-corrected chi connectivity index (χ4v) is 4.65. The van der Waals surface area contributed by atoms with Gasteiger partial charge in [0.15, 0.2) is 0 Å². The topological polar surface area (TPSA) is 202 Å². The largest absolute Gasteiger partial charge is 0.480 e. The van der Waals surface area contributed by atoms with E-state index in [2.05, 4.69) is 13.8 Å². The van der Waals surface area contributed by atoms with Crippen molar-refractivity contribution in [3.05, 3.63) is 0 Å². The first-order valence-corrected chi connectivity index (χ1v) is 18.0. The summed E-state index contributed by atoms with van der Waals surface area (Å²) in [5.41, 5.74) is 16.2. The van der Waals surface area contributed by atoms with Crippen molar-refractivity contribution in [2.45, 2.75) is 186 Å². The molecule has 7 N–H and O–H groups in total. The van der Waals surface area contributed by atoms with Crippen LogP contribution in [0.15, 0.2) is 0 Å². The molecular formula is C35H67N3NaO8. The molecule has 0 aliphatic heterocycles. The second kappa shape index (κ2) is 37.4. The zero-order chi connectivity index (χ0) is 34.8. The summed E-state index contributed by atoms with van der Waals surface area (Å²) in [5, 5.41) is 8.33. The third kappa shape index (κ3) is 37.3. The minimum Gasteiger partial charge on any atom is -0.480 e. The van der Waals surface area contributed by atoms with Crippen LogP contribution in [0, 0.1) is 0 Å². The average molecular weight is 681 g/mol. The minimum absolute atomic E-state index is 0. The number of carbonyl (C=O) groups is 5. The van der Waals surface area contributed by atoms with Crippen LogP contribution in [-0.2, 0) is 33.4 Å². The van der Waals surface area contributed by atoms with Gasteiger partial charge in [-0.15, -0.1) is 0 Å². The van der Waals surface area contributed by atoms with Crippen molar-refractivity contribution in [3.8, 4) is 0 Å². The number of hydrogen-bond donors (Lipinski definition) is 4. The Hall–Kier alpha value is -1.37. The summed E-state index contributed by atoms with van der Waals surface area (Å²) in [6, 6.07) is -1.82. The van der Waals surface area contributed by atoms with Gasteiger partial charge in [0.25, 0.3) is 0 Å². The molecule has 47 heavy (non-hydrogen) atoms. The Morgan fingerprint density at radius 3 is 1.30 bits per heavy atom. The molecule has 0 aliphatic rings. The molecule has 12 heteroatoms. The summed E-state index contributed by atoms with van der Waals surface area (Å²) >= 11 is 0. The SMILES string of the molecule is CCCCCCCCCCCC(=O)OC(=O)CC[C@H](N)C(=O)OC(=O)CCCCCCCCCCC.NCCCC[C@H](N)C(=O)O.[Na]. The smallest absolute Gasteiger partial charge is 0.330 e. The quantitative estimate of drug-likeness (QED) is 0.0302. The molecule has 271 valence electrons. The molecule has 0 unspecified atom stereocenters. The molecule has 11 nitrogen and oxygen atoms in total. The minimum atomic E-state index is -1.10. The Bertz CT molecular complexity index is 801. The van der Waals surface area contributed by atoms with Gasteiger partial charge in [-0.25, -0.2) is 4.79 Å². The second-order valence-corrected chi connectivity index (χ2v) is 12.2. The molecule has 0 aromatic carbocycles. The predicted octanol–water partition coefficient (Wildman–Crippen LogP) is 6.22. The van der Waals surface area contributed by atoms with Crippen molar-refractivity contribution in [2.75, 3.05) is 6.54 Å². The van der Waals surface area contributed by atoms with E-state index in [0.29, 0.717) is 25.8 Å². The number of carboxylic acid groups (broad SMARTS) is 1. The van der Waals surface area contributed by atoms with E-state index >= 15 is 0 Å².